The molecule has 1 amide bonds. The van der Waals surface area contributed by atoms with Gasteiger partial charge in [-0.15, -0.1) is 0 Å². The van der Waals surface area contributed by atoms with Crippen molar-refractivity contribution in [3.05, 3.63) is 23.9 Å². The van der Waals surface area contributed by atoms with E-state index in [9.17, 15) is 4.79 Å². The first kappa shape index (κ1) is 11.1. The molecular formula is C12H17N3O. The van der Waals surface area contributed by atoms with E-state index >= 15 is 0 Å². The number of amides is 1. The Morgan fingerprint density at radius 3 is 3.00 bits per heavy atom. The van der Waals surface area contributed by atoms with Gasteiger partial charge in [0.25, 0.3) is 0 Å². The van der Waals surface area contributed by atoms with Crippen LogP contribution in [0.15, 0.2) is 18.2 Å². The van der Waals surface area contributed by atoms with Crippen LogP contribution in [-0.4, -0.2) is 16.9 Å². The molecule has 1 fully saturated rings. The summed E-state index contributed by atoms with van der Waals surface area (Å²) in [7, 11) is 0. The number of aromatic nitrogens is 1. The lowest BCUT2D eigenvalue weighted by molar-refractivity contribution is -0.116. The molecule has 1 atom stereocenters. The zero-order chi connectivity index (χ0) is 11.5. The number of hydrogen-bond acceptors (Lipinski definition) is 3. The maximum atomic E-state index is 11.6. The lowest BCUT2D eigenvalue weighted by Crippen LogP contribution is -2.29. The molecule has 1 aromatic heterocycles. The number of pyridine rings is 1. The molecular weight excluding hydrogens is 202 g/mol. The molecule has 0 aliphatic heterocycles. The number of rotatable bonds is 4. The molecule has 1 saturated carbocycles. The Kier molecular flexibility index (Phi) is 3.19. The Balaban J connectivity index is 1.86. The van der Waals surface area contributed by atoms with Crippen molar-refractivity contribution in [1.82, 2.24) is 4.98 Å². The molecule has 3 N–H and O–H groups in total. The molecule has 0 aromatic carbocycles. The van der Waals surface area contributed by atoms with Gasteiger partial charge in [-0.2, -0.15) is 0 Å². The van der Waals surface area contributed by atoms with Crippen molar-refractivity contribution in [2.75, 3.05) is 5.32 Å². The Morgan fingerprint density at radius 1 is 1.62 bits per heavy atom. The highest BCUT2D eigenvalue weighted by molar-refractivity contribution is 5.90. The average Bonchev–Trinajstić information content (AvgIpc) is 2.99. The first-order valence-electron chi connectivity index (χ1n) is 5.64. The predicted molar refractivity (Wildman–Crippen MR) is 62.9 cm³/mol. The van der Waals surface area contributed by atoms with E-state index in [1.54, 1.807) is 6.07 Å². The largest absolute Gasteiger partial charge is 0.327 e. The van der Waals surface area contributed by atoms with Gasteiger partial charge in [0.15, 0.2) is 0 Å². The summed E-state index contributed by atoms with van der Waals surface area (Å²) in [4.78, 5) is 15.8. The van der Waals surface area contributed by atoms with Crippen LogP contribution >= 0.6 is 0 Å². The molecule has 0 radical (unpaired) electrons. The molecule has 4 nitrogen and oxygen atoms in total. The first-order chi connectivity index (χ1) is 7.65. The van der Waals surface area contributed by atoms with Crippen LogP contribution in [0.2, 0.25) is 0 Å². The van der Waals surface area contributed by atoms with E-state index in [2.05, 4.69) is 10.3 Å². The number of hydrogen-bond donors (Lipinski definition) is 2. The highest BCUT2D eigenvalue weighted by Crippen LogP contribution is 2.32. The fourth-order valence-electron chi connectivity index (χ4n) is 1.71. The fraction of sp³-hybridized carbons (Fsp3) is 0.500. The van der Waals surface area contributed by atoms with E-state index in [4.69, 9.17) is 5.73 Å². The van der Waals surface area contributed by atoms with Crippen LogP contribution in [0.5, 0.6) is 0 Å². The van der Waals surface area contributed by atoms with Crippen molar-refractivity contribution < 1.29 is 4.79 Å². The summed E-state index contributed by atoms with van der Waals surface area (Å²) >= 11 is 0. The second-order valence-corrected chi connectivity index (χ2v) is 4.42. The SMILES string of the molecule is Cc1cccc(NC(=O)CC(N)C2CC2)n1. The highest BCUT2D eigenvalue weighted by Gasteiger charge is 2.29. The predicted octanol–water partition coefficient (Wildman–Crippen LogP) is 1.46. The minimum Gasteiger partial charge on any atom is -0.327 e. The molecule has 4 heteroatoms. The normalized spacial score (nSPS) is 16.9. The Morgan fingerprint density at radius 2 is 2.38 bits per heavy atom. The Bertz CT molecular complexity index is 388. The van der Waals surface area contributed by atoms with Crippen LogP contribution in [-0.2, 0) is 4.79 Å². The third kappa shape index (κ3) is 3.03. The van der Waals surface area contributed by atoms with Gasteiger partial charge in [-0.1, -0.05) is 6.07 Å². The lowest BCUT2D eigenvalue weighted by Gasteiger charge is -2.10. The summed E-state index contributed by atoms with van der Waals surface area (Å²) in [5.74, 6) is 1.11. The third-order valence-electron chi connectivity index (χ3n) is 2.80. The van der Waals surface area contributed by atoms with Crippen molar-refractivity contribution in [3.8, 4) is 0 Å². The molecule has 1 aliphatic rings. The van der Waals surface area contributed by atoms with Crippen LogP contribution in [0.1, 0.15) is 25.0 Å². The Hall–Kier alpha value is -1.42. The number of carbonyl (C=O) groups excluding carboxylic acids is 1. The number of aryl methyl sites for hydroxylation is 1. The summed E-state index contributed by atoms with van der Waals surface area (Å²) in [6, 6.07) is 5.56. The Labute approximate surface area is 95.3 Å². The number of carbonyl (C=O) groups is 1. The molecule has 0 bridgehead atoms. The zero-order valence-electron chi connectivity index (χ0n) is 9.44. The molecule has 2 rings (SSSR count). The average molecular weight is 219 g/mol. The van der Waals surface area contributed by atoms with Crippen molar-refractivity contribution in [2.24, 2.45) is 11.7 Å². The van der Waals surface area contributed by atoms with E-state index in [0.29, 0.717) is 18.2 Å². The monoisotopic (exact) mass is 219 g/mol. The minimum absolute atomic E-state index is 0.00445. The molecule has 16 heavy (non-hydrogen) atoms. The van der Waals surface area contributed by atoms with Crippen LogP contribution in [0.25, 0.3) is 0 Å². The van der Waals surface area contributed by atoms with Crippen molar-refractivity contribution in [3.63, 3.8) is 0 Å². The van der Waals surface area contributed by atoms with Crippen LogP contribution < -0.4 is 11.1 Å². The summed E-state index contributed by atoms with van der Waals surface area (Å²) in [5.41, 5.74) is 6.78. The molecule has 1 aromatic rings. The van der Waals surface area contributed by atoms with Gasteiger partial charge in [-0.3, -0.25) is 4.79 Å². The first-order valence-corrected chi connectivity index (χ1v) is 5.64. The van der Waals surface area contributed by atoms with Gasteiger partial charge in [-0.25, -0.2) is 4.98 Å². The van der Waals surface area contributed by atoms with E-state index in [1.807, 2.05) is 19.1 Å². The molecule has 86 valence electrons. The summed E-state index contributed by atoms with van der Waals surface area (Å²) in [6.45, 7) is 1.89. The molecule has 0 saturated heterocycles. The minimum atomic E-state index is -0.0440. The number of nitrogens with one attached hydrogen (secondary N) is 1. The van der Waals surface area contributed by atoms with Gasteiger partial charge >= 0.3 is 0 Å². The van der Waals surface area contributed by atoms with Gasteiger partial charge in [0.2, 0.25) is 5.91 Å². The van der Waals surface area contributed by atoms with E-state index < -0.39 is 0 Å². The summed E-state index contributed by atoms with van der Waals surface area (Å²) in [5, 5.41) is 2.77. The smallest absolute Gasteiger partial charge is 0.227 e. The van der Waals surface area contributed by atoms with Gasteiger partial charge in [0.1, 0.15) is 5.82 Å². The van der Waals surface area contributed by atoms with E-state index in [0.717, 1.165) is 18.5 Å². The van der Waals surface area contributed by atoms with Crippen LogP contribution in [0.3, 0.4) is 0 Å². The maximum absolute atomic E-state index is 11.6. The molecule has 1 heterocycles. The quantitative estimate of drug-likeness (QED) is 0.805. The zero-order valence-corrected chi connectivity index (χ0v) is 9.44. The summed E-state index contributed by atoms with van der Waals surface area (Å²) in [6.07, 6.45) is 2.72. The van der Waals surface area contributed by atoms with E-state index in [1.165, 1.54) is 0 Å². The van der Waals surface area contributed by atoms with Gasteiger partial charge in [0, 0.05) is 18.2 Å². The van der Waals surface area contributed by atoms with Crippen molar-refractivity contribution in [1.29, 1.82) is 0 Å². The second-order valence-electron chi connectivity index (χ2n) is 4.42. The topological polar surface area (TPSA) is 68.0 Å². The lowest BCUT2D eigenvalue weighted by atomic mass is 10.1. The molecule has 1 unspecified atom stereocenters. The van der Waals surface area contributed by atoms with Crippen molar-refractivity contribution in [2.45, 2.75) is 32.2 Å². The number of nitrogens with zero attached hydrogens (tertiary/aromatic N) is 1. The van der Waals surface area contributed by atoms with Gasteiger partial charge in [0.05, 0.1) is 0 Å². The van der Waals surface area contributed by atoms with Crippen molar-refractivity contribution >= 4 is 11.7 Å². The maximum Gasteiger partial charge on any atom is 0.227 e. The second kappa shape index (κ2) is 4.61. The van der Waals surface area contributed by atoms with Gasteiger partial charge in [-0.05, 0) is 37.8 Å². The van der Waals surface area contributed by atoms with E-state index in [-0.39, 0.29) is 11.9 Å². The molecule has 0 spiro atoms. The number of anilines is 1. The van der Waals surface area contributed by atoms with Crippen LogP contribution in [0, 0.1) is 12.8 Å². The summed E-state index contributed by atoms with van der Waals surface area (Å²) < 4.78 is 0. The van der Waals surface area contributed by atoms with Gasteiger partial charge < -0.3 is 11.1 Å². The van der Waals surface area contributed by atoms with Crippen LogP contribution in [0.4, 0.5) is 5.82 Å². The highest BCUT2D eigenvalue weighted by atomic mass is 16.1. The fourth-order valence-corrected chi connectivity index (χ4v) is 1.71. The molecule has 1 aliphatic carbocycles. The third-order valence-corrected chi connectivity index (χ3v) is 2.80. The standard InChI is InChI=1S/C12H17N3O/c1-8-3-2-4-11(14-8)15-12(16)7-10(13)9-5-6-9/h2-4,9-10H,5-7,13H2,1H3,(H,14,15,16). The number of nitrogens with two attached hydrogens (primary N) is 1.